The van der Waals surface area contributed by atoms with E-state index in [1.165, 1.54) is 62.8 Å². The van der Waals surface area contributed by atoms with Gasteiger partial charge in [-0.05, 0) is 70.1 Å². The number of phenols is 1. The maximum absolute atomic E-state index is 14.0. The average molecular weight is 875 g/mol. The van der Waals surface area contributed by atoms with E-state index in [0.29, 0.717) is 24.8 Å². The van der Waals surface area contributed by atoms with Crippen molar-refractivity contribution in [1.82, 2.24) is 31.5 Å². The van der Waals surface area contributed by atoms with E-state index in [1.54, 1.807) is 0 Å². The average Bonchev–Trinajstić information content (AvgIpc) is 3.70. The minimum Gasteiger partial charge on any atom is -0.508 e. The summed E-state index contributed by atoms with van der Waals surface area (Å²) in [6.07, 6.45) is 5.24. The quantitative estimate of drug-likeness (QED) is 0.0408. The highest BCUT2D eigenvalue weighted by atomic mass is 16.4. The summed E-state index contributed by atoms with van der Waals surface area (Å²) in [7, 11) is -1.86. The largest absolute Gasteiger partial charge is 0.508 e. The van der Waals surface area contributed by atoms with Crippen molar-refractivity contribution in [2.75, 3.05) is 13.0 Å². The van der Waals surface area contributed by atoms with Crippen LogP contribution in [-0.4, -0.2) is 134 Å². The van der Waals surface area contributed by atoms with Crippen molar-refractivity contribution in [3.63, 3.8) is 0 Å². The summed E-state index contributed by atoms with van der Waals surface area (Å²) in [5.41, 5.74) is 0.541. The number of nitrogens with one attached hydrogen (secondary N) is 5. The lowest BCUT2D eigenvalue weighted by molar-refractivity contribution is -0.145. The Morgan fingerprint density at radius 2 is 1.37 bits per heavy atom. The third-order valence-electron chi connectivity index (χ3n) is 10.8. The predicted molar refractivity (Wildman–Crippen MR) is 232 cm³/mol. The number of Topliss-reactive ketones (excluding diaryl/α,β-unsaturated/α-hetero) is 1. The zero-order valence-electron chi connectivity index (χ0n) is 37.2. The molecule has 1 aromatic carbocycles. The number of carbonyl (C=O) groups is 7. The number of nitrogens with zero attached hydrogens (tertiary/aromatic N) is 1. The molecule has 1 saturated heterocycles. The van der Waals surface area contributed by atoms with Gasteiger partial charge in [-0.1, -0.05) is 71.4 Å². The van der Waals surface area contributed by atoms with E-state index >= 15 is 0 Å². The number of aromatic hydroxyl groups is 1. The lowest BCUT2D eigenvalue weighted by Crippen LogP contribution is -2.61. The maximum atomic E-state index is 14.0. The number of aliphatic hydroxyl groups is 2. The van der Waals surface area contributed by atoms with Gasteiger partial charge in [0.15, 0.2) is 0 Å². The summed E-state index contributed by atoms with van der Waals surface area (Å²) < 4.78 is 0. The van der Waals surface area contributed by atoms with Crippen LogP contribution in [0.15, 0.2) is 24.3 Å². The first-order valence-electron chi connectivity index (χ1n) is 22.1. The topological polar surface area (TPSA) is 284 Å². The zero-order valence-corrected chi connectivity index (χ0v) is 37.2. The Morgan fingerprint density at radius 3 is 1.95 bits per heavy atom. The molecule has 1 aromatic rings. The molecule has 0 aliphatic carbocycles. The fourth-order valence-electron chi connectivity index (χ4n) is 7.36. The van der Waals surface area contributed by atoms with Crippen LogP contribution in [0, 0.1) is 11.8 Å². The van der Waals surface area contributed by atoms with Crippen molar-refractivity contribution in [1.29, 1.82) is 0 Å². The van der Waals surface area contributed by atoms with Crippen LogP contribution in [0.25, 0.3) is 0 Å². The molecule has 1 fully saturated rings. The van der Waals surface area contributed by atoms with Gasteiger partial charge >= 0.3 is 7.12 Å². The third kappa shape index (κ3) is 18.8. The third-order valence-corrected chi connectivity index (χ3v) is 10.8. The normalized spacial score (nSPS) is 17.1. The second-order valence-electron chi connectivity index (χ2n) is 17.0. The molecule has 1 aliphatic heterocycles. The Hall–Kier alpha value is -4.59. The monoisotopic (exact) mass is 875 g/mol. The van der Waals surface area contributed by atoms with E-state index in [0.717, 1.165) is 32.1 Å². The second-order valence-corrected chi connectivity index (χ2v) is 17.0. The fourth-order valence-corrected chi connectivity index (χ4v) is 7.36. The fraction of sp³-hybridized carbons (Fsp3) is 0.698. The van der Waals surface area contributed by atoms with Crippen LogP contribution in [0.3, 0.4) is 0 Å². The van der Waals surface area contributed by atoms with Gasteiger partial charge in [0.05, 0.1) is 18.7 Å². The Bertz CT molecular complexity index is 1610. The molecule has 0 bridgehead atoms. The summed E-state index contributed by atoms with van der Waals surface area (Å²) in [5.74, 6) is -5.35. The molecule has 2 unspecified atom stereocenters. The van der Waals surface area contributed by atoms with Crippen LogP contribution < -0.4 is 26.6 Å². The molecule has 0 radical (unpaired) electrons. The minimum absolute atomic E-state index is 0.00371. The smallest absolute Gasteiger partial charge is 0.472 e. The van der Waals surface area contributed by atoms with Crippen LogP contribution in [0.5, 0.6) is 5.75 Å². The van der Waals surface area contributed by atoms with Gasteiger partial charge in [0.2, 0.25) is 35.4 Å². The summed E-state index contributed by atoms with van der Waals surface area (Å²) in [4.78, 5) is 95.0. The number of carbonyl (C=O) groups excluding carboxylic acids is 7. The number of unbranched alkanes of at least 4 members (excludes halogenated alkanes) is 6. The number of benzene rings is 1. The standard InChI is InChI=1S/C43H71BN6O12/c1-7-8-9-10-11-12-13-15-33(54)24-31(22-26(2)3)39(56)49-37(29(6)52)43(60)50-21-14-16-35(50)41(58)48-36(28(5)51)42(59)46-27(4)38(55)47-34(40(57)45-25-44(61)62)23-30-17-19-32(53)20-18-30/h17-20,26-29,31,34-37,51-53,61-62H,7-16,21-25H2,1-6H3,(H,45,57)(H,46,59)(H,47,55)(H,48,58)(H,49,56)/t27-,28?,29?,31+,34-,35+,36-,37-/m0/s1. The zero-order chi connectivity index (χ0) is 46.5. The van der Waals surface area contributed by atoms with Crippen LogP contribution in [-0.2, 0) is 40.0 Å². The molecule has 0 saturated carbocycles. The molecule has 2 rings (SSSR count). The van der Waals surface area contributed by atoms with E-state index in [-0.39, 0.29) is 43.3 Å². The summed E-state index contributed by atoms with van der Waals surface area (Å²) in [6.45, 7) is 9.99. The molecule has 19 heteroatoms. The van der Waals surface area contributed by atoms with Gasteiger partial charge in [-0.2, -0.15) is 0 Å². The van der Waals surface area contributed by atoms with Crippen molar-refractivity contribution >= 4 is 48.3 Å². The molecule has 0 spiro atoms. The number of likely N-dealkylation sites (tertiary alicyclic amines) is 1. The van der Waals surface area contributed by atoms with E-state index < -0.39 is 97.3 Å². The first-order valence-corrected chi connectivity index (χ1v) is 22.1. The lowest BCUT2D eigenvalue weighted by Gasteiger charge is -2.32. The van der Waals surface area contributed by atoms with Crippen LogP contribution in [0.2, 0.25) is 0 Å². The first-order chi connectivity index (χ1) is 29.2. The number of phenolic OH excluding ortho intramolecular Hbond substituents is 1. The number of ketones is 1. The Morgan fingerprint density at radius 1 is 0.758 bits per heavy atom. The molecule has 348 valence electrons. The van der Waals surface area contributed by atoms with Crippen molar-refractivity contribution in [2.24, 2.45) is 11.8 Å². The van der Waals surface area contributed by atoms with Gasteiger partial charge in [-0.25, -0.2) is 0 Å². The molecule has 1 heterocycles. The van der Waals surface area contributed by atoms with Crippen LogP contribution in [0.1, 0.15) is 124 Å². The predicted octanol–water partition coefficient (Wildman–Crippen LogP) is 0.537. The Balaban J connectivity index is 2.11. The van der Waals surface area contributed by atoms with E-state index in [9.17, 15) is 58.9 Å². The molecule has 10 N–H and O–H groups in total. The van der Waals surface area contributed by atoms with Gasteiger partial charge < -0.3 is 56.9 Å². The molecule has 18 nitrogen and oxygen atoms in total. The highest BCUT2D eigenvalue weighted by molar-refractivity contribution is 6.41. The van der Waals surface area contributed by atoms with Crippen molar-refractivity contribution in [2.45, 2.75) is 167 Å². The van der Waals surface area contributed by atoms with Crippen molar-refractivity contribution in [3.8, 4) is 5.75 Å². The van der Waals surface area contributed by atoms with Crippen molar-refractivity contribution in [3.05, 3.63) is 29.8 Å². The Kier molecular flexibility index (Phi) is 23.7. The van der Waals surface area contributed by atoms with Gasteiger partial charge in [0.25, 0.3) is 0 Å². The number of hydrogen-bond donors (Lipinski definition) is 10. The number of aliphatic hydroxyl groups excluding tert-OH is 2. The number of rotatable bonds is 28. The molecule has 6 amide bonds. The summed E-state index contributed by atoms with van der Waals surface area (Å²) >= 11 is 0. The molecular formula is C43H71BN6O12. The number of amides is 6. The molecule has 1 aliphatic rings. The first kappa shape index (κ1) is 53.6. The Labute approximate surface area is 365 Å². The summed E-state index contributed by atoms with van der Waals surface area (Å²) in [6, 6.07) is -0.916. The minimum atomic E-state index is -1.86. The van der Waals surface area contributed by atoms with E-state index in [4.69, 9.17) is 0 Å². The van der Waals surface area contributed by atoms with Gasteiger partial charge in [-0.15, -0.1) is 0 Å². The van der Waals surface area contributed by atoms with E-state index in [1.807, 2.05) is 13.8 Å². The van der Waals surface area contributed by atoms with Crippen molar-refractivity contribution < 1.29 is 58.9 Å². The maximum Gasteiger partial charge on any atom is 0.472 e. The SMILES string of the molecule is CCCCCCCCCC(=O)C[C@@H](CC(C)C)C(=O)N[C@H](C(=O)N1CCC[C@@H]1C(=O)N[C@H](C(=O)N[C@@H](C)C(=O)N[C@@H](Cc1ccc(O)cc1)C(=O)NCB(O)O)C(C)O)C(C)O. The van der Waals surface area contributed by atoms with E-state index in [2.05, 4.69) is 33.5 Å². The van der Waals surface area contributed by atoms with Gasteiger partial charge in [0.1, 0.15) is 41.7 Å². The second kappa shape index (κ2) is 27.5. The highest BCUT2D eigenvalue weighted by Gasteiger charge is 2.41. The van der Waals surface area contributed by atoms with Gasteiger partial charge in [-0.3, -0.25) is 33.6 Å². The summed E-state index contributed by atoms with van der Waals surface area (Å²) in [5, 5.41) is 61.7. The lowest BCUT2D eigenvalue weighted by atomic mass is 9.90. The van der Waals surface area contributed by atoms with Crippen LogP contribution >= 0.6 is 0 Å². The highest BCUT2D eigenvalue weighted by Crippen LogP contribution is 2.22. The molecule has 0 aromatic heterocycles. The molecule has 8 atom stereocenters. The van der Waals surface area contributed by atoms with Gasteiger partial charge in [0, 0.05) is 31.7 Å². The van der Waals surface area contributed by atoms with Crippen LogP contribution in [0.4, 0.5) is 0 Å². The molecular weight excluding hydrogens is 803 g/mol. The number of hydrogen-bond acceptors (Lipinski definition) is 12. The molecule has 62 heavy (non-hydrogen) atoms.